The Morgan fingerprint density at radius 3 is 2.67 bits per heavy atom. The van der Waals surface area contributed by atoms with Crippen LogP contribution in [0.4, 0.5) is 4.39 Å². The van der Waals surface area contributed by atoms with Crippen molar-refractivity contribution >= 4 is 5.97 Å². The van der Waals surface area contributed by atoms with Crippen molar-refractivity contribution in [2.45, 2.75) is 18.9 Å². The summed E-state index contributed by atoms with van der Waals surface area (Å²) in [7, 11) is 3.14. The standard InChI is InChI=1S/C21H24FNO4/c1-26-18-10-4-9-17(20(18)27-2)19(14-6-3-8-16(22)12-14)23-11-5-7-15(13-23)21(24)25/h3-4,6,8-10,12,15,19H,5,7,11,13H2,1-2H3,(H,24,25). The SMILES string of the molecule is COc1cccc(C(c2cccc(F)c2)N2CCCC(C(=O)O)C2)c1OC. The van der Waals surface area contributed by atoms with E-state index >= 15 is 0 Å². The summed E-state index contributed by atoms with van der Waals surface area (Å²) in [6.07, 6.45) is 1.42. The Kier molecular flexibility index (Phi) is 5.96. The lowest BCUT2D eigenvalue weighted by atomic mass is 9.91. The molecule has 0 radical (unpaired) electrons. The van der Waals surface area contributed by atoms with Crippen molar-refractivity contribution in [3.63, 3.8) is 0 Å². The number of methoxy groups -OCH3 is 2. The van der Waals surface area contributed by atoms with Crippen molar-refractivity contribution in [1.82, 2.24) is 4.90 Å². The highest BCUT2D eigenvalue weighted by molar-refractivity contribution is 5.70. The van der Waals surface area contributed by atoms with Crippen LogP contribution >= 0.6 is 0 Å². The smallest absolute Gasteiger partial charge is 0.307 e. The van der Waals surface area contributed by atoms with E-state index in [0.717, 1.165) is 24.1 Å². The molecule has 2 atom stereocenters. The van der Waals surface area contributed by atoms with Crippen LogP contribution in [-0.2, 0) is 4.79 Å². The highest BCUT2D eigenvalue weighted by Crippen LogP contribution is 2.41. The summed E-state index contributed by atoms with van der Waals surface area (Å²) in [5, 5.41) is 9.47. The molecule has 2 aromatic rings. The maximum Gasteiger partial charge on any atom is 0.307 e. The van der Waals surface area contributed by atoms with E-state index in [4.69, 9.17) is 9.47 Å². The number of hydrogen-bond donors (Lipinski definition) is 1. The molecule has 27 heavy (non-hydrogen) atoms. The lowest BCUT2D eigenvalue weighted by Gasteiger charge is -2.38. The number of aliphatic carboxylic acids is 1. The number of hydrogen-bond acceptors (Lipinski definition) is 4. The predicted octanol–water partition coefficient (Wildman–Crippen LogP) is 3.73. The summed E-state index contributed by atoms with van der Waals surface area (Å²) in [6, 6.07) is 11.7. The van der Waals surface area contributed by atoms with Gasteiger partial charge in [-0.3, -0.25) is 9.69 Å². The van der Waals surface area contributed by atoms with E-state index in [0.29, 0.717) is 24.5 Å². The number of carboxylic acids is 1. The summed E-state index contributed by atoms with van der Waals surface area (Å²) in [6.45, 7) is 1.13. The van der Waals surface area contributed by atoms with Gasteiger partial charge in [0.1, 0.15) is 5.82 Å². The van der Waals surface area contributed by atoms with Crippen LogP contribution in [0.2, 0.25) is 0 Å². The first-order chi connectivity index (χ1) is 13.0. The zero-order chi connectivity index (χ0) is 19.4. The highest BCUT2D eigenvalue weighted by Gasteiger charge is 2.33. The molecular weight excluding hydrogens is 349 g/mol. The third-order valence-corrected chi connectivity index (χ3v) is 5.06. The van der Waals surface area contributed by atoms with Gasteiger partial charge in [0.25, 0.3) is 0 Å². The van der Waals surface area contributed by atoms with E-state index in [1.165, 1.54) is 12.1 Å². The lowest BCUT2D eigenvalue weighted by molar-refractivity contribution is -0.143. The maximum absolute atomic E-state index is 14.0. The second-order valence-corrected chi connectivity index (χ2v) is 6.71. The van der Waals surface area contributed by atoms with Crippen LogP contribution in [0.15, 0.2) is 42.5 Å². The monoisotopic (exact) mass is 373 g/mol. The number of nitrogens with zero attached hydrogens (tertiary/aromatic N) is 1. The van der Waals surface area contributed by atoms with Crippen molar-refractivity contribution in [3.8, 4) is 11.5 Å². The molecule has 0 saturated carbocycles. The van der Waals surface area contributed by atoms with Crippen molar-refractivity contribution < 1.29 is 23.8 Å². The van der Waals surface area contributed by atoms with Crippen LogP contribution in [0.25, 0.3) is 0 Å². The fourth-order valence-electron chi connectivity index (χ4n) is 3.83. The summed E-state index contributed by atoms with van der Waals surface area (Å²) < 4.78 is 25.0. The van der Waals surface area contributed by atoms with Gasteiger partial charge in [-0.2, -0.15) is 0 Å². The average molecular weight is 373 g/mol. The summed E-state index contributed by atoms with van der Waals surface area (Å²) in [4.78, 5) is 13.6. The Morgan fingerprint density at radius 1 is 1.22 bits per heavy atom. The molecule has 0 amide bonds. The van der Waals surface area contributed by atoms with Crippen LogP contribution in [-0.4, -0.2) is 43.3 Å². The van der Waals surface area contributed by atoms with E-state index in [1.54, 1.807) is 26.4 Å². The molecule has 2 aromatic carbocycles. The molecule has 1 fully saturated rings. The fourth-order valence-corrected chi connectivity index (χ4v) is 3.83. The first-order valence-corrected chi connectivity index (χ1v) is 8.98. The Morgan fingerprint density at radius 2 is 2.00 bits per heavy atom. The number of ether oxygens (including phenoxy) is 2. The molecule has 5 nitrogen and oxygen atoms in total. The minimum atomic E-state index is -0.796. The second kappa shape index (κ2) is 8.39. The van der Waals surface area contributed by atoms with Gasteiger partial charge >= 0.3 is 5.97 Å². The Balaban J connectivity index is 2.10. The third kappa shape index (κ3) is 4.06. The quantitative estimate of drug-likeness (QED) is 0.836. The van der Waals surface area contributed by atoms with Gasteiger partial charge in [-0.05, 0) is 43.1 Å². The van der Waals surface area contributed by atoms with E-state index in [2.05, 4.69) is 4.90 Å². The Hall–Kier alpha value is -2.60. The number of halogens is 1. The van der Waals surface area contributed by atoms with Crippen LogP contribution in [0.3, 0.4) is 0 Å². The van der Waals surface area contributed by atoms with Gasteiger partial charge < -0.3 is 14.6 Å². The summed E-state index contributed by atoms with van der Waals surface area (Å²) in [5.74, 6) is -0.400. The van der Waals surface area contributed by atoms with E-state index < -0.39 is 11.9 Å². The molecule has 1 heterocycles. The molecule has 144 valence electrons. The molecule has 0 aromatic heterocycles. The maximum atomic E-state index is 14.0. The zero-order valence-electron chi connectivity index (χ0n) is 15.5. The van der Waals surface area contributed by atoms with Crippen LogP contribution in [0.1, 0.15) is 30.0 Å². The van der Waals surface area contributed by atoms with E-state index in [9.17, 15) is 14.3 Å². The summed E-state index contributed by atoms with van der Waals surface area (Å²) in [5.41, 5.74) is 1.58. The number of carbonyl (C=O) groups is 1. The molecule has 1 N–H and O–H groups in total. The van der Waals surface area contributed by atoms with Gasteiger partial charge in [0.15, 0.2) is 11.5 Å². The molecule has 6 heteroatoms. The molecule has 1 saturated heterocycles. The van der Waals surface area contributed by atoms with Crippen LogP contribution < -0.4 is 9.47 Å². The van der Waals surface area contributed by atoms with Gasteiger partial charge in [-0.1, -0.05) is 24.3 Å². The number of rotatable bonds is 6. The minimum Gasteiger partial charge on any atom is -0.493 e. The molecule has 0 bridgehead atoms. The lowest BCUT2D eigenvalue weighted by Crippen LogP contribution is -2.41. The Labute approximate surface area is 158 Å². The van der Waals surface area contributed by atoms with Gasteiger partial charge in [-0.15, -0.1) is 0 Å². The first-order valence-electron chi connectivity index (χ1n) is 8.98. The minimum absolute atomic E-state index is 0.326. The molecule has 0 aliphatic carbocycles. The van der Waals surface area contributed by atoms with Crippen molar-refractivity contribution in [2.24, 2.45) is 5.92 Å². The molecule has 0 spiro atoms. The van der Waals surface area contributed by atoms with Gasteiger partial charge in [0.05, 0.1) is 26.2 Å². The number of likely N-dealkylation sites (tertiary alicyclic amines) is 1. The fraction of sp³-hybridized carbons (Fsp3) is 0.381. The molecule has 1 aliphatic heterocycles. The highest BCUT2D eigenvalue weighted by atomic mass is 19.1. The number of carboxylic acid groups (broad SMARTS) is 1. The molecule has 2 unspecified atom stereocenters. The first kappa shape index (κ1) is 19.2. The van der Waals surface area contributed by atoms with Crippen molar-refractivity contribution in [1.29, 1.82) is 0 Å². The average Bonchev–Trinajstić information content (AvgIpc) is 2.68. The van der Waals surface area contributed by atoms with Gasteiger partial charge in [0, 0.05) is 12.1 Å². The second-order valence-electron chi connectivity index (χ2n) is 6.71. The van der Waals surface area contributed by atoms with E-state index in [1.807, 2.05) is 18.2 Å². The third-order valence-electron chi connectivity index (χ3n) is 5.06. The van der Waals surface area contributed by atoms with Gasteiger partial charge in [-0.25, -0.2) is 4.39 Å². The number of benzene rings is 2. The number of piperidine rings is 1. The normalized spacial score (nSPS) is 18.7. The van der Waals surface area contributed by atoms with Gasteiger partial charge in [0.2, 0.25) is 0 Å². The molecular formula is C21H24FNO4. The predicted molar refractivity (Wildman–Crippen MR) is 99.7 cm³/mol. The van der Waals surface area contributed by atoms with Crippen molar-refractivity contribution in [2.75, 3.05) is 27.3 Å². The Bertz CT molecular complexity index is 811. The topological polar surface area (TPSA) is 59.0 Å². The van der Waals surface area contributed by atoms with Crippen LogP contribution in [0, 0.1) is 11.7 Å². The van der Waals surface area contributed by atoms with Crippen molar-refractivity contribution in [3.05, 3.63) is 59.4 Å². The molecule has 1 aliphatic rings. The largest absolute Gasteiger partial charge is 0.493 e. The molecule has 3 rings (SSSR count). The zero-order valence-corrected chi connectivity index (χ0v) is 15.5. The van der Waals surface area contributed by atoms with E-state index in [-0.39, 0.29) is 11.9 Å². The number of para-hydroxylation sites is 1. The van der Waals surface area contributed by atoms with Crippen LogP contribution in [0.5, 0.6) is 11.5 Å². The summed E-state index contributed by atoms with van der Waals surface area (Å²) >= 11 is 0.